The Bertz CT molecular complexity index is 1130. The smallest absolute Gasteiger partial charge is 0.254 e. The van der Waals surface area contributed by atoms with Crippen LogP contribution >= 0.6 is 0 Å². The standard InChI is InChI=1S/C24H27N5O3/c1-15-23(16(2)29(27-15)22-9-7-6-8-10-22)14-28(5)24(32)19-11-20(25-17(3)30)13-21(12-19)26-18(4)31/h6-13H,14H2,1-5H3,(H,25,30)(H,26,31). The second-order valence-electron chi connectivity index (χ2n) is 7.72. The van der Waals surface area contributed by atoms with E-state index < -0.39 is 0 Å². The first kappa shape index (κ1) is 22.7. The molecule has 32 heavy (non-hydrogen) atoms. The Kier molecular flexibility index (Phi) is 6.73. The van der Waals surface area contributed by atoms with Gasteiger partial charge in [0.2, 0.25) is 11.8 Å². The third kappa shape index (κ3) is 5.21. The van der Waals surface area contributed by atoms with E-state index >= 15 is 0 Å². The molecule has 1 heterocycles. The van der Waals surface area contributed by atoms with Crippen LogP contribution in [0.3, 0.4) is 0 Å². The van der Waals surface area contributed by atoms with Crippen molar-refractivity contribution >= 4 is 29.1 Å². The summed E-state index contributed by atoms with van der Waals surface area (Å²) in [7, 11) is 1.71. The molecule has 2 aromatic carbocycles. The molecule has 0 unspecified atom stereocenters. The number of para-hydroxylation sites is 1. The van der Waals surface area contributed by atoms with Crippen molar-refractivity contribution in [1.82, 2.24) is 14.7 Å². The SMILES string of the molecule is CC(=O)Nc1cc(NC(C)=O)cc(C(=O)N(C)Cc2c(C)nn(-c3ccccc3)c2C)c1. The van der Waals surface area contributed by atoms with E-state index in [4.69, 9.17) is 0 Å². The van der Waals surface area contributed by atoms with Gasteiger partial charge in [0.05, 0.1) is 11.4 Å². The van der Waals surface area contributed by atoms with Gasteiger partial charge in [-0.1, -0.05) is 18.2 Å². The maximum Gasteiger partial charge on any atom is 0.254 e. The lowest BCUT2D eigenvalue weighted by Crippen LogP contribution is -2.27. The Labute approximate surface area is 187 Å². The van der Waals surface area contributed by atoms with Gasteiger partial charge in [-0.3, -0.25) is 14.4 Å². The quantitative estimate of drug-likeness (QED) is 0.620. The summed E-state index contributed by atoms with van der Waals surface area (Å²) in [5.74, 6) is -0.775. The number of aryl methyl sites for hydroxylation is 1. The molecular formula is C24H27N5O3. The molecule has 0 atom stereocenters. The maximum absolute atomic E-state index is 13.2. The lowest BCUT2D eigenvalue weighted by Gasteiger charge is -2.19. The number of hydrogen-bond donors (Lipinski definition) is 2. The summed E-state index contributed by atoms with van der Waals surface area (Å²) in [6, 6.07) is 14.6. The minimum absolute atomic E-state index is 0.241. The maximum atomic E-state index is 13.2. The highest BCUT2D eigenvalue weighted by Crippen LogP contribution is 2.23. The molecule has 0 aliphatic rings. The molecular weight excluding hydrogens is 406 g/mol. The van der Waals surface area contributed by atoms with Crippen LogP contribution in [-0.4, -0.2) is 39.4 Å². The number of carbonyl (C=O) groups is 3. The van der Waals surface area contributed by atoms with Gasteiger partial charge in [0.1, 0.15) is 0 Å². The Morgan fingerprint density at radius 2 is 1.50 bits per heavy atom. The van der Waals surface area contributed by atoms with Gasteiger partial charge in [0.25, 0.3) is 5.91 Å². The van der Waals surface area contributed by atoms with Crippen LogP contribution in [0.4, 0.5) is 11.4 Å². The fourth-order valence-electron chi connectivity index (χ4n) is 3.56. The molecule has 0 fully saturated rings. The lowest BCUT2D eigenvalue weighted by atomic mass is 10.1. The molecule has 0 bridgehead atoms. The summed E-state index contributed by atoms with van der Waals surface area (Å²) >= 11 is 0. The molecule has 8 nitrogen and oxygen atoms in total. The second-order valence-corrected chi connectivity index (χ2v) is 7.72. The Morgan fingerprint density at radius 1 is 0.938 bits per heavy atom. The van der Waals surface area contributed by atoms with Crippen molar-refractivity contribution in [2.45, 2.75) is 34.2 Å². The topological polar surface area (TPSA) is 96.3 Å². The van der Waals surface area contributed by atoms with E-state index in [1.165, 1.54) is 13.8 Å². The van der Waals surface area contributed by atoms with Gasteiger partial charge in [-0.05, 0) is 44.2 Å². The van der Waals surface area contributed by atoms with Gasteiger partial charge in [0, 0.05) is 55.6 Å². The fraction of sp³-hybridized carbons (Fsp3) is 0.250. The number of anilines is 2. The van der Waals surface area contributed by atoms with Crippen LogP contribution in [0.25, 0.3) is 5.69 Å². The minimum atomic E-state index is -0.267. The van der Waals surface area contributed by atoms with Crippen molar-refractivity contribution in [3.63, 3.8) is 0 Å². The van der Waals surface area contributed by atoms with E-state index in [1.807, 2.05) is 48.9 Å². The first-order valence-corrected chi connectivity index (χ1v) is 10.2. The number of nitrogens with zero attached hydrogens (tertiary/aromatic N) is 3. The molecule has 3 amide bonds. The molecule has 3 aromatic rings. The zero-order valence-corrected chi connectivity index (χ0v) is 18.9. The highest BCUT2D eigenvalue weighted by atomic mass is 16.2. The van der Waals surface area contributed by atoms with Crippen molar-refractivity contribution < 1.29 is 14.4 Å². The molecule has 0 radical (unpaired) electrons. The molecule has 1 aromatic heterocycles. The van der Waals surface area contributed by atoms with Gasteiger partial charge < -0.3 is 15.5 Å². The van der Waals surface area contributed by atoms with Crippen LogP contribution < -0.4 is 10.6 Å². The minimum Gasteiger partial charge on any atom is -0.337 e. The van der Waals surface area contributed by atoms with E-state index in [1.54, 1.807) is 30.1 Å². The van der Waals surface area contributed by atoms with Gasteiger partial charge in [-0.15, -0.1) is 0 Å². The Hall–Kier alpha value is -3.94. The molecule has 0 aliphatic carbocycles. The van der Waals surface area contributed by atoms with Crippen LogP contribution in [-0.2, 0) is 16.1 Å². The normalized spacial score (nSPS) is 10.5. The summed E-state index contributed by atoms with van der Waals surface area (Å²) in [5, 5.41) is 9.98. The van der Waals surface area contributed by atoms with Crippen molar-refractivity contribution in [1.29, 1.82) is 0 Å². The van der Waals surface area contributed by atoms with E-state index in [0.717, 1.165) is 22.6 Å². The van der Waals surface area contributed by atoms with Crippen LogP contribution in [0.1, 0.15) is 41.2 Å². The molecule has 3 rings (SSSR count). The van der Waals surface area contributed by atoms with Crippen LogP contribution in [0.15, 0.2) is 48.5 Å². The Morgan fingerprint density at radius 3 is 2.03 bits per heavy atom. The third-order valence-electron chi connectivity index (χ3n) is 5.00. The number of aromatic nitrogens is 2. The first-order valence-electron chi connectivity index (χ1n) is 10.2. The van der Waals surface area contributed by atoms with Crippen molar-refractivity contribution in [3.8, 4) is 5.69 Å². The van der Waals surface area contributed by atoms with Crippen LogP contribution in [0, 0.1) is 13.8 Å². The summed E-state index contributed by atoms with van der Waals surface area (Å²) < 4.78 is 1.87. The zero-order chi connectivity index (χ0) is 23.4. The number of amides is 3. The highest BCUT2D eigenvalue weighted by Gasteiger charge is 2.19. The van der Waals surface area contributed by atoms with E-state index in [0.29, 0.717) is 23.5 Å². The molecule has 166 valence electrons. The molecule has 0 saturated heterocycles. The average molecular weight is 434 g/mol. The number of benzene rings is 2. The molecule has 0 aliphatic heterocycles. The summed E-state index contributed by atoms with van der Waals surface area (Å²) in [6.45, 7) is 7.03. The summed E-state index contributed by atoms with van der Waals surface area (Å²) in [6.07, 6.45) is 0. The molecule has 8 heteroatoms. The molecule has 0 spiro atoms. The monoisotopic (exact) mass is 433 g/mol. The Balaban J connectivity index is 1.88. The second kappa shape index (κ2) is 9.47. The van der Waals surface area contributed by atoms with Crippen molar-refractivity contribution in [2.75, 3.05) is 17.7 Å². The zero-order valence-electron chi connectivity index (χ0n) is 18.9. The summed E-state index contributed by atoms with van der Waals surface area (Å²) in [5.41, 5.74) is 4.94. The van der Waals surface area contributed by atoms with E-state index in [-0.39, 0.29) is 17.7 Å². The van der Waals surface area contributed by atoms with E-state index in [9.17, 15) is 14.4 Å². The predicted octanol–water partition coefficient (Wildman–Crippen LogP) is 3.68. The van der Waals surface area contributed by atoms with Gasteiger partial charge in [-0.2, -0.15) is 5.10 Å². The average Bonchev–Trinajstić information content (AvgIpc) is 3.01. The van der Waals surface area contributed by atoms with Crippen molar-refractivity contribution in [3.05, 3.63) is 71.0 Å². The van der Waals surface area contributed by atoms with E-state index in [2.05, 4.69) is 15.7 Å². The van der Waals surface area contributed by atoms with Crippen molar-refractivity contribution in [2.24, 2.45) is 0 Å². The molecule has 0 saturated carbocycles. The predicted molar refractivity (Wildman–Crippen MR) is 124 cm³/mol. The summed E-state index contributed by atoms with van der Waals surface area (Å²) in [4.78, 5) is 37.8. The van der Waals surface area contributed by atoms with Gasteiger partial charge >= 0.3 is 0 Å². The third-order valence-corrected chi connectivity index (χ3v) is 5.00. The first-order chi connectivity index (χ1) is 15.2. The largest absolute Gasteiger partial charge is 0.337 e. The number of hydrogen-bond acceptors (Lipinski definition) is 4. The number of carbonyl (C=O) groups excluding carboxylic acids is 3. The fourth-order valence-corrected chi connectivity index (χ4v) is 3.56. The highest BCUT2D eigenvalue weighted by molar-refractivity contribution is 5.99. The van der Waals surface area contributed by atoms with Crippen LogP contribution in [0.5, 0.6) is 0 Å². The number of rotatable bonds is 6. The van der Waals surface area contributed by atoms with Gasteiger partial charge in [0.15, 0.2) is 0 Å². The number of nitrogens with one attached hydrogen (secondary N) is 2. The molecule has 2 N–H and O–H groups in total. The lowest BCUT2D eigenvalue weighted by molar-refractivity contribution is -0.115. The van der Waals surface area contributed by atoms with Gasteiger partial charge in [-0.25, -0.2) is 4.68 Å². The van der Waals surface area contributed by atoms with Crippen LogP contribution in [0.2, 0.25) is 0 Å².